The van der Waals surface area contributed by atoms with Gasteiger partial charge in [-0.3, -0.25) is 9.59 Å². The molecule has 3 aromatic rings. The lowest BCUT2D eigenvalue weighted by Gasteiger charge is -2.23. The number of ketones is 1. The summed E-state index contributed by atoms with van der Waals surface area (Å²) in [6.45, 7) is 3.96. The van der Waals surface area contributed by atoms with Gasteiger partial charge in [-0.2, -0.15) is 0 Å². The predicted octanol–water partition coefficient (Wildman–Crippen LogP) is 5.73. The van der Waals surface area contributed by atoms with E-state index in [9.17, 15) is 14.7 Å². The summed E-state index contributed by atoms with van der Waals surface area (Å²) in [6.07, 6.45) is -0.335. The van der Waals surface area contributed by atoms with Gasteiger partial charge in [-0.1, -0.05) is 63.4 Å². The molecule has 1 aliphatic heterocycles. The Morgan fingerprint density at radius 2 is 1.84 bits per heavy atom. The Labute approximate surface area is 194 Å². The van der Waals surface area contributed by atoms with Gasteiger partial charge in [-0.05, 0) is 55.3 Å². The Morgan fingerprint density at radius 3 is 2.58 bits per heavy atom. The minimum absolute atomic E-state index is 0.202. The Balaban J connectivity index is 1.74. The van der Waals surface area contributed by atoms with Crippen LogP contribution < -0.4 is 4.90 Å². The van der Waals surface area contributed by atoms with Crippen LogP contribution in [0.1, 0.15) is 39.0 Å². The summed E-state index contributed by atoms with van der Waals surface area (Å²) < 4.78 is 0.719. The van der Waals surface area contributed by atoms with Crippen molar-refractivity contribution < 1.29 is 14.7 Å². The van der Waals surface area contributed by atoms with E-state index in [-0.39, 0.29) is 18.7 Å². The molecule has 4 nitrogen and oxygen atoms in total. The first-order valence-corrected chi connectivity index (χ1v) is 11.1. The molecular formula is C25H21BrClNO3. The Hall–Kier alpha value is -2.47. The van der Waals surface area contributed by atoms with Crippen LogP contribution in [0, 0.1) is 13.8 Å². The van der Waals surface area contributed by atoms with Crippen molar-refractivity contribution in [3.05, 3.63) is 98.0 Å². The maximum atomic E-state index is 13.5. The van der Waals surface area contributed by atoms with Gasteiger partial charge >= 0.3 is 0 Å². The van der Waals surface area contributed by atoms with Gasteiger partial charge in [0.2, 0.25) is 0 Å². The Bertz CT molecular complexity index is 1210. The monoisotopic (exact) mass is 497 g/mol. The number of amides is 1. The molecule has 1 N–H and O–H groups in total. The minimum atomic E-state index is -1.95. The highest BCUT2D eigenvalue weighted by molar-refractivity contribution is 9.10. The second-order valence-electron chi connectivity index (χ2n) is 7.92. The molecule has 0 aliphatic carbocycles. The molecule has 31 heavy (non-hydrogen) atoms. The van der Waals surface area contributed by atoms with Crippen molar-refractivity contribution in [1.82, 2.24) is 0 Å². The van der Waals surface area contributed by atoms with Crippen LogP contribution in [0.3, 0.4) is 0 Å². The van der Waals surface area contributed by atoms with Crippen molar-refractivity contribution in [2.75, 3.05) is 4.90 Å². The molecule has 0 saturated carbocycles. The highest BCUT2D eigenvalue weighted by Gasteiger charge is 2.51. The fourth-order valence-electron chi connectivity index (χ4n) is 4.01. The maximum Gasteiger partial charge on any atom is 0.264 e. The number of benzene rings is 3. The van der Waals surface area contributed by atoms with E-state index in [0.717, 1.165) is 21.2 Å². The number of hydrogen-bond donors (Lipinski definition) is 1. The molecule has 0 spiro atoms. The van der Waals surface area contributed by atoms with E-state index >= 15 is 0 Å². The zero-order valence-corrected chi connectivity index (χ0v) is 19.5. The third-order valence-corrected chi connectivity index (χ3v) is 6.55. The zero-order valence-electron chi connectivity index (χ0n) is 17.2. The first-order valence-electron chi connectivity index (χ1n) is 9.89. The lowest BCUT2D eigenvalue weighted by Crippen LogP contribution is -2.41. The number of carbonyl (C=O) groups excluding carboxylic acids is 2. The first kappa shape index (κ1) is 21.8. The number of anilines is 1. The number of halogens is 2. The third-order valence-electron chi connectivity index (χ3n) is 5.69. The van der Waals surface area contributed by atoms with E-state index in [1.165, 1.54) is 4.90 Å². The molecule has 0 saturated heterocycles. The van der Waals surface area contributed by atoms with Crippen molar-refractivity contribution >= 4 is 44.9 Å². The first-order chi connectivity index (χ1) is 14.7. The SMILES string of the molecule is Cc1ccc(C)c(C(=O)CC2(O)C(=O)N(Cc3ccccc3Cl)c3ccc(Br)cc32)c1. The standard InChI is InChI=1S/C25H21BrClNO3/c1-15-7-8-16(2)19(11-15)23(29)13-25(31)20-12-18(26)9-10-22(20)28(24(25)30)14-17-5-3-4-6-21(17)27/h3-12,31H,13-14H2,1-2H3. The molecule has 1 heterocycles. The smallest absolute Gasteiger partial charge is 0.264 e. The second kappa shape index (κ2) is 8.23. The highest BCUT2D eigenvalue weighted by atomic mass is 79.9. The fraction of sp³-hybridized carbons (Fsp3) is 0.200. The summed E-state index contributed by atoms with van der Waals surface area (Å²) >= 11 is 9.73. The summed E-state index contributed by atoms with van der Waals surface area (Å²) in [7, 11) is 0. The largest absolute Gasteiger partial charge is 0.375 e. The van der Waals surface area contributed by atoms with Gasteiger partial charge in [0.15, 0.2) is 11.4 Å². The molecule has 0 radical (unpaired) electrons. The number of hydrogen-bond acceptors (Lipinski definition) is 3. The average Bonchev–Trinajstić information content (AvgIpc) is 2.92. The lowest BCUT2D eigenvalue weighted by molar-refractivity contribution is -0.136. The van der Waals surface area contributed by atoms with Gasteiger partial charge in [-0.25, -0.2) is 0 Å². The van der Waals surface area contributed by atoms with Gasteiger partial charge < -0.3 is 10.0 Å². The fourth-order valence-corrected chi connectivity index (χ4v) is 4.57. The topological polar surface area (TPSA) is 57.6 Å². The molecule has 0 fully saturated rings. The second-order valence-corrected chi connectivity index (χ2v) is 9.25. The van der Waals surface area contributed by atoms with Gasteiger partial charge in [0.1, 0.15) is 0 Å². The number of rotatable bonds is 5. The predicted molar refractivity (Wildman–Crippen MR) is 126 cm³/mol. The van der Waals surface area contributed by atoms with Crippen LogP contribution in [-0.2, 0) is 16.9 Å². The van der Waals surface area contributed by atoms with Crippen LogP contribution in [0.5, 0.6) is 0 Å². The van der Waals surface area contributed by atoms with E-state index < -0.39 is 11.5 Å². The zero-order chi connectivity index (χ0) is 22.3. The summed E-state index contributed by atoms with van der Waals surface area (Å²) in [5, 5.41) is 12.1. The van der Waals surface area contributed by atoms with Crippen LogP contribution >= 0.6 is 27.5 Å². The van der Waals surface area contributed by atoms with Crippen LogP contribution in [0.2, 0.25) is 5.02 Å². The quantitative estimate of drug-likeness (QED) is 0.457. The molecule has 0 aromatic heterocycles. The number of aryl methyl sites for hydroxylation is 2. The maximum absolute atomic E-state index is 13.5. The molecule has 1 aliphatic rings. The van der Waals surface area contributed by atoms with Crippen molar-refractivity contribution in [3.63, 3.8) is 0 Å². The third kappa shape index (κ3) is 3.93. The van der Waals surface area contributed by atoms with E-state index in [0.29, 0.717) is 21.8 Å². The molecule has 0 bridgehead atoms. The van der Waals surface area contributed by atoms with Gasteiger partial charge in [0, 0.05) is 20.6 Å². The summed E-state index contributed by atoms with van der Waals surface area (Å²) in [6, 6.07) is 18.2. The van der Waals surface area contributed by atoms with Crippen LogP contribution in [-0.4, -0.2) is 16.8 Å². The molecule has 158 valence electrons. The molecule has 1 amide bonds. The van der Waals surface area contributed by atoms with Crippen LogP contribution in [0.25, 0.3) is 0 Å². The highest BCUT2D eigenvalue weighted by Crippen LogP contribution is 2.45. The van der Waals surface area contributed by atoms with Gasteiger partial charge in [-0.15, -0.1) is 0 Å². The number of fused-ring (bicyclic) bond motifs is 1. The van der Waals surface area contributed by atoms with Crippen LogP contribution in [0.15, 0.2) is 65.1 Å². The molecule has 4 rings (SSSR count). The van der Waals surface area contributed by atoms with Crippen molar-refractivity contribution in [3.8, 4) is 0 Å². The van der Waals surface area contributed by atoms with Crippen molar-refractivity contribution in [1.29, 1.82) is 0 Å². The summed E-state index contributed by atoms with van der Waals surface area (Å²) in [4.78, 5) is 28.2. The summed E-state index contributed by atoms with van der Waals surface area (Å²) in [5.74, 6) is -0.804. The van der Waals surface area contributed by atoms with Crippen molar-refractivity contribution in [2.24, 2.45) is 0 Å². The Kier molecular flexibility index (Phi) is 5.77. The molecule has 1 atom stereocenters. The van der Waals surface area contributed by atoms with E-state index in [4.69, 9.17) is 11.6 Å². The molecule has 6 heteroatoms. The van der Waals surface area contributed by atoms with E-state index in [2.05, 4.69) is 15.9 Å². The van der Waals surface area contributed by atoms with Gasteiger partial charge in [0.25, 0.3) is 5.91 Å². The minimum Gasteiger partial charge on any atom is -0.375 e. The number of carbonyl (C=O) groups is 2. The number of aliphatic hydroxyl groups is 1. The average molecular weight is 499 g/mol. The van der Waals surface area contributed by atoms with Crippen LogP contribution in [0.4, 0.5) is 5.69 Å². The molecule has 1 unspecified atom stereocenters. The van der Waals surface area contributed by atoms with E-state index in [1.54, 1.807) is 24.3 Å². The number of Topliss-reactive ketones (excluding diaryl/α,β-unsaturated/α-hetero) is 1. The lowest BCUT2D eigenvalue weighted by atomic mass is 9.87. The van der Waals surface area contributed by atoms with Crippen molar-refractivity contribution in [2.45, 2.75) is 32.4 Å². The normalized spacial score (nSPS) is 17.7. The van der Waals surface area contributed by atoms with Gasteiger partial charge in [0.05, 0.1) is 18.7 Å². The van der Waals surface area contributed by atoms with E-state index in [1.807, 2.05) is 50.2 Å². The number of nitrogens with zero attached hydrogens (tertiary/aromatic N) is 1. The Morgan fingerprint density at radius 1 is 1.10 bits per heavy atom. The molecule has 3 aromatic carbocycles. The molecular weight excluding hydrogens is 478 g/mol. The summed E-state index contributed by atoms with van der Waals surface area (Å²) in [5.41, 5.74) is 2.07.